The Morgan fingerprint density at radius 3 is 2.31 bits per heavy atom. The maximum absolute atomic E-state index is 9.40. The molecule has 0 aliphatic rings. The number of ether oxygens (including phenoxy) is 1. The minimum Gasteiger partial charge on any atom is -0.497 e. The molecule has 3 rings (SSSR count). The molecule has 2 heterocycles. The number of aryl methyl sites for hydroxylation is 4. The first-order valence-electron chi connectivity index (χ1n) is 8.64. The average Bonchev–Trinajstić information content (AvgIpc) is 2.91. The van der Waals surface area contributed by atoms with Crippen molar-refractivity contribution in [3.05, 3.63) is 46.5 Å². The van der Waals surface area contributed by atoms with Crippen LogP contribution >= 0.6 is 0 Å². The number of methoxy groups -OCH3 is 1. The molecule has 136 valence electrons. The minimum absolute atomic E-state index is 0.560. The molecule has 6 heteroatoms. The molecule has 0 atom stereocenters. The fourth-order valence-corrected chi connectivity index (χ4v) is 3.49. The molecule has 0 bridgehead atoms. The van der Waals surface area contributed by atoms with E-state index in [-0.39, 0.29) is 0 Å². The van der Waals surface area contributed by atoms with Gasteiger partial charge in [-0.1, -0.05) is 12.1 Å². The number of oxime groups is 1. The number of hydrogen-bond acceptors (Lipinski definition) is 5. The molecule has 3 aromatic rings. The molecular weight excluding hydrogens is 328 g/mol. The van der Waals surface area contributed by atoms with E-state index in [0.29, 0.717) is 23.7 Å². The van der Waals surface area contributed by atoms with Crippen LogP contribution in [0.3, 0.4) is 0 Å². The summed E-state index contributed by atoms with van der Waals surface area (Å²) in [6, 6.07) is 4.04. The van der Waals surface area contributed by atoms with Gasteiger partial charge in [0.15, 0.2) is 0 Å². The Labute approximate surface area is 153 Å². The van der Waals surface area contributed by atoms with Gasteiger partial charge in [-0.3, -0.25) is 0 Å². The van der Waals surface area contributed by atoms with Gasteiger partial charge in [0.2, 0.25) is 0 Å². The van der Waals surface area contributed by atoms with E-state index < -0.39 is 0 Å². The van der Waals surface area contributed by atoms with Crippen molar-refractivity contribution in [2.24, 2.45) is 5.16 Å². The number of nitrogens with zero attached hydrogens (tertiary/aromatic N) is 4. The molecular formula is C20H24N4O2. The van der Waals surface area contributed by atoms with Crippen LogP contribution in [0.1, 0.15) is 41.6 Å². The Balaban J connectivity index is 2.38. The number of benzene rings is 1. The molecule has 2 aromatic heterocycles. The summed E-state index contributed by atoms with van der Waals surface area (Å²) in [7, 11) is 1.67. The van der Waals surface area contributed by atoms with Crippen molar-refractivity contribution in [3.8, 4) is 11.4 Å². The summed E-state index contributed by atoms with van der Waals surface area (Å²) >= 11 is 0. The highest BCUT2D eigenvalue weighted by molar-refractivity contribution is 6.09. The third-order valence-electron chi connectivity index (χ3n) is 4.62. The van der Waals surface area contributed by atoms with Crippen molar-refractivity contribution >= 4 is 16.7 Å². The lowest BCUT2D eigenvalue weighted by atomic mass is 10.1. The summed E-state index contributed by atoms with van der Waals surface area (Å²) in [5.74, 6) is 1.48. The molecule has 0 aliphatic carbocycles. The highest BCUT2D eigenvalue weighted by Gasteiger charge is 2.20. The van der Waals surface area contributed by atoms with E-state index in [2.05, 4.69) is 34.8 Å². The van der Waals surface area contributed by atoms with Crippen LogP contribution in [-0.2, 0) is 0 Å². The topological polar surface area (TPSA) is 72.5 Å². The second kappa shape index (κ2) is 6.78. The Hall–Kier alpha value is -2.89. The predicted octanol–water partition coefficient (Wildman–Crippen LogP) is 4.25. The number of hydrogen-bond donors (Lipinski definition) is 1. The van der Waals surface area contributed by atoms with E-state index in [1.54, 1.807) is 7.11 Å². The molecule has 1 N–H and O–H groups in total. The van der Waals surface area contributed by atoms with Crippen LogP contribution < -0.4 is 4.74 Å². The van der Waals surface area contributed by atoms with Crippen LogP contribution in [0.5, 0.6) is 5.75 Å². The van der Waals surface area contributed by atoms with Crippen LogP contribution in [0.25, 0.3) is 16.7 Å². The monoisotopic (exact) mass is 352 g/mol. The SMILES string of the molecule is CC/C(=N/O)c1nc(C)nc2c1c(C)cn2-c1c(C)cc(OC)cc1C. The smallest absolute Gasteiger partial charge is 0.149 e. The molecule has 0 saturated heterocycles. The fraction of sp³-hybridized carbons (Fsp3) is 0.350. The summed E-state index contributed by atoms with van der Waals surface area (Å²) in [4.78, 5) is 9.24. The van der Waals surface area contributed by atoms with E-state index in [4.69, 9.17) is 9.72 Å². The molecule has 1 aromatic carbocycles. The lowest BCUT2D eigenvalue weighted by Crippen LogP contribution is -2.08. The van der Waals surface area contributed by atoms with E-state index in [1.165, 1.54) is 0 Å². The summed E-state index contributed by atoms with van der Waals surface area (Å²) in [6.45, 7) is 9.96. The second-order valence-electron chi connectivity index (χ2n) is 6.51. The lowest BCUT2D eigenvalue weighted by Gasteiger charge is -2.14. The maximum atomic E-state index is 9.40. The van der Waals surface area contributed by atoms with Crippen LogP contribution in [0.2, 0.25) is 0 Å². The summed E-state index contributed by atoms with van der Waals surface area (Å²) in [5, 5.41) is 13.8. The van der Waals surface area contributed by atoms with Crippen molar-refractivity contribution in [2.75, 3.05) is 7.11 Å². The summed E-state index contributed by atoms with van der Waals surface area (Å²) in [5.41, 5.74) is 6.38. The van der Waals surface area contributed by atoms with E-state index in [9.17, 15) is 5.21 Å². The Bertz CT molecular complexity index is 995. The fourth-order valence-electron chi connectivity index (χ4n) is 3.49. The van der Waals surface area contributed by atoms with E-state index in [1.807, 2.05) is 32.9 Å². The first-order valence-corrected chi connectivity index (χ1v) is 8.64. The zero-order valence-corrected chi connectivity index (χ0v) is 16.1. The normalized spacial score (nSPS) is 12.0. The van der Waals surface area contributed by atoms with Crippen molar-refractivity contribution in [1.82, 2.24) is 14.5 Å². The number of fused-ring (bicyclic) bond motifs is 1. The predicted molar refractivity (Wildman–Crippen MR) is 103 cm³/mol. The van der Waals surface area contributed by atoms with Gasteiger partial charge >= 0.3 is 0 Å². The molecule has 6 nitrogen and oxygen atoms in total. The summed E-state index contributed by atoms with van der Waals surface area (Å²) in [6.07, 6.45) is 2.65. The van der Waals surface area contributed by atoms with Crippen molar-refractivity contribution in [2.45, 2.75) is 41.0 Å². The minimum atomic E-state index is 0.560. The Morgan fingerprint density at radius 1 is 1.12 bits per heavy atom. The van der Waals surface area contributed by atoms with Crippen molar-refractivity contribution in [1.29, 1.82) is 0 Å². The van der Waals surface area contributed by atoms with Crippen LogP contribution in [-0.4, -0.2) is 32.6 Å². The van der Waals surface area contributed by atoms with E-state index in [0.717, 1.165) is 39.2 Å². The van der Waals surface area contributed by atoms with Gasteiger partial charge in [-0.05, 0) is 62.9 Å². The first kappa shape index (κ1) is 17.9. The molecule has 0 saturated carbocycles. The third-order valence-corrected chi connectivity index (χ3v) is 4.62. The third kappa shape index (κ3) is 2.81. The Kier molecular flexibility index (Phi) is 4.68. The molecule has 0 fully saturated rings. The van der Waals surface area contributed by atoms with Gasteiger partial charge in [-0.15, -0.1) is 0 Å². The van der Waals surface area contributed by atoms with Gasteiger partial charge in [0, 0.05) is 11.6 Å². The van der Waals surface area contributed by atoms with Gasteiger partial charge in [0.25, 0.3) is 0 Å². The largest absolute Gasteiger partial charge is 0.497 e. The molecule has 0 amide bonds. The molecule has 0 aliphatic heterocycles. The standard InChI is InChI=1S/C20H24N4O2/c1-7-16(23-25)18-17-13(4)10-24(20(17)22-14(5)21-18)19-11(2)8-15(26-6)9-12(19)3/h8-10,25H,7H2,1-6H3/b23-16-. The second-order valence-corrected chi connectivity index (χ2v) is 6.51. The molecule has 0 radical (unpaired) electrons. The molecule has 26 heavy (non-hydrogen) atoms. The summed E-state index contributed by atoms with van der Waals surface area (Å²) < 4.78 is 7.47. The van der Waals surface area contributed by atoms with Gasteiger partial charge in [0.1, 0.15) is 28.6 Å². The highest BCUT2D eigenvalue weighted by atomic mass is 16.5. The number of aromatic nitrogens is 3. The zero-order valence-electron chi connectivity index (χ0n) is 16.1. The van der Waals surface area contributed by atoms with Crippen molar-refractivity contribution < 1.29 is 9.94 Å². The quantitative estimate of drug-likeness (QED) is 0.433. The van der Waals surface area contributed by atoms with Crippen LogP contribution in [0.4, 0.5) is 0 Å². The maximum Gasteiger partial charge on any atom is 0.149 e. The van der Waals surface area contributed by atoms with Crippen LogP contribution in [0, 0.1) is 27.7 Å². The zero-order chi connectivity index (χ0) is 19.0. The molecule has 0 spiro atoms. The first-order chi connectivity index (χ1) is 12.4. The highest BCUT2D eigenvalue weighted by Crippen LogP contribution is 2.31. The lowest BCUT2D eigenvalue weighted by molar-refractivity contribution is 0.318. The molecule has 0 unspecified atom stereocenters. The van der Waals surface area contributed by atoms with Crippen molar-refractivity contribution in [3.63, 3.8) is 0 Å². The number of rotatable bonds is 4. The van der Waals surface area contributed by atoms with E-state index >= 15 is 0 Å². The van der Waals surface area contributed by atoms with Gasteiger partial charge < -0.3 is 14.5 Å². The Morgan fingerprint density at radius 2 is 1.77 bits per heavy atom. The average molecular weight is 352 g/mol. The van der Waals surface area contributed by atoms with Gasteiger partial charge in [-0.25, -0.2) is 9.97 Å². The van der Waals surface area contributed by atoms with Crippen LogP contribution in [0.15, 0.2) is 23.5 Å². The van der Waals surface area contributed by atoms with Gasteiger partial charge in [0.05, 0.1) is 12.8 Å². The van der Waals surface area contributed by atoms with Gasteiger partial charge in [-0.2, -0.15) is 0 Å².